The summed E-state index contributed by atoms with van der Waals surface area (Å²) in [6, 6.07) is 17.4. The molecule has 0 bridgehead atoms. The van der Waals surface area contributed by atoms with E-state index >= 15 is 0 Å². The highest BCUT2D eigenvalue weighted by atomic mass is 35.5. The highest BCUT2D eigenvalue weighted by molar-refractivity contribution is 6.42. The first-order chi connectivity index (χ1) is 15.9. The topological polar surface area (TPSA) is 70.8 Å². The van der Waals surface area contributed by atoms with Crippen LogP contribution in [0.4, 0.5) is 10.1 Å². The number of halogens is 3. The summed E-state index contributed by atoms with van der Waals surface area (Å²) in [7, 11) is 0. The summed E-state index contributed by atoms with van der Waals surface area (Å²) in [5, 5.41) is 11.9. The van der Waals surface area contributed by atoms with Crippen molar-refractivity contribution in [1.82, 2.24) is 0 Å². The Balaban J connectivity index is 1.69. The van der Waals surface area contributed by atoms with Crippen molar-refractivity contribution < 1.29 is 23.5 Å². The number of furan rings is 1. The number of aliphatic hydroxyl groups excluding tert-OH is 1. The molecule has 1 aliphatic heterocycles. The maximum Gasteiger partial charge on any atom is 0.294 e. The maximum atomic E-state index is 14.9. The Bertz CT molecular complexity index is 1440. The Morgan fingerprint density at radius 2 is 1.70 bits per heavy atom. The summed E-state index contributed by atoms with van der Waals surface area (Å²) in [6.45, 7) is 0. The van der Waals surface area contributed by atoms with Gasteiger partial charge in [0.25, 0.3) is 5.91 Å². The zero-order valence-corrected chi connectivity index (χ0v) is 18.3. The molecule has 1 atom stereocenters. The maximum absolute atomic E-state index is 14.9. The van der Waals surface area contributed by atoms with Crippen molar-refractivity contribution in [2.45, 2.75) is 6.04 Å². The molecular formula is C25H14Cl2FNO4. The summed E-state index contributed by atoms with van der Waals surface area (Å²) in [6.07, 6.45) is 0. The van der Waals surface area contributed by atoms with Crippen molar-refractivity contribution in [3.8, 4) is 0 Å². The van der Waals surface area contributed by atoms with Gasteiger partial charge in [-0.1, -0.05) is 59.6 Å². The van der Waals surface area contributed by atoms with E-state index in [2.05, 4.69) is 0 Å². The second kappa shape index (κ2) is 8.06. The zero-order valence-electron chi connectivity index (χ0n) is 16.8. The SMILES string of the molecule is O=C(C1=C(O)C(=O)N(c2ccc(Cl)c(Cl)c2)C1c1ccccc1F)c1cc2ccccc2o1. The van der Waals surface area contributed by atoms with Gasteiger partial charge < -0.3 is 9.52 Å². The van der Waals surface area contributed by atoms with Crippen LogP contribution in [0.25, 0.3) is 11.0 Å². The average molecular weight is 482 g/mol. The Morgan fingerprint density at radius 3 is 2.42 bits per heavy atom. The number of amides is 1. The van der Waals surface area contributed by atoms with Crippen molar-refractivity contribution in [2.24, 2.45) is 0 Å². The molecule has 0 fully saturated rings. The van der Waals surface area contributed by atoms with Crippen LogP contribution in [-0.4, -0.2) is 16.8 Å². The summed E-state index contributed by atoms with van der Waals surface area (Å²) in [5.74, 6) is -3.12. The van der Waals surface area contributed by atoms with Crippen LogP contribution in [0, 0.1) is 5.82 Å². The predicted octanol–water partition coefficient (Wildman–Crippen LogP) is 6.66. The molecule has 1 unspecified atom stereocenters. The average Bonchev–Trinajstić information content (AvgIpc) is 3.35. The minimum Gasteiger partial charge on any atom is -0.503 e. The van der Waals surface area contributed by atoms with Crippen LogP contribution < -0.4 is 4.90 Å². The predicted molar refractivity (Wildman–Crippen MR) is 123 cm³/mol. The van der Waals surface area contributed by atoms with Crippen molar-refractivity contribution in [3.63, 3.8) is 0 Å². The lowest BCUT2D eigenvalue weighted by Gasteiger charge is -2.27. The zero-order chi connectivity index (χ0) is 23.3. The number of fused-ring (bicyclic) bond motifs is 1. The number of hydrogen-bond acceptors (Lipinski definition) is 4. The monoisotopic (exact) mass is 481 g/mol. The van der Waals surface area contributed by atoms with Gasteiger partial charge in [-0.2, -0.15) is 0 Å². The summed E-state index contributed by atoms with van der Waals surface area (Å²) in [5.41, 5.74) is 0.436. The van der Waals surface area contributed by atoms with Gasteiger partial charge in [-0.3, -0.25) is 14.5 Å². The number of hydrogen-bond donors (Lipinski definition) is 1. The fourth-order valence-electron chi connectivity index (χ4n) is 3.96. The number of carbonyl (C=O) groups is 2. The number of aliphatic hydroxyl groups is 1. The molecule has 0 saturated heterocycles. The molecule has 0 saturated carbocycles. The number of rotatable bonds is 4. The minimum absolute atomic E-state index is 0.0282. The fourth-order valence-corrected chi connectivity index (χ4v) is 4.25. The molecule has 1 amide bonds. The second-order valence-corrected chi connectivity index (χ2v) is 8.25. The first-order valence-electron chi connectivity index (χ1n) is 9.86. The number of carbonyl (C=O) groups excluding carboxylic acids is 2. The van der Waals surface area contributed by atoms with E-state index in [9.17, 15) is 19.1 Å². The summed E-state index contributed by atoms with van der Waals surface area (Å²) >= 11 is 12.1. The lowest BCUT2D eigenvalue weighted by Crippen LogP contribution is -2.31. The van der Waals surface area contributed by atoms with E-state index < -0.39 is 29.3 Å². The third kappa shape index (κ3) is 3.48. The molecule has 33 heavy (non-hydrogen) atoms. The van der Waals surface area contributed by atoms with Gasteiger partial charge >= 0.3 is 0 Å². The summed E-state index contributed by atoms with van der Waals surface area (Å²) in [4.78, 5) is 27.8. The van der Waals surface area contributed by atoms with Crippen molar-refractivity contribution in [3.05, 3.63) is 111 Å². The number of ketones is 1. The standard InChI is InChI=1S/C25H14Cl2FNO4/c26-16-10-9-14(12-17(16)27)29-22(15-6-2-3-7-18(15)28)21(24(31)25(29)32)23(30)20-11-13-5-1-4-8-19(13)33-20/h1-12,22,31H. The molecule has 3 aromatic carbocycles. The number of nitrogens with zero attached hydrogens (tertiary/aromatic N) is 1. The van der Waals surface area contributed by atoms with Crippen LogP contribution in [0.2, 0.25) is 10.0 Å². The van der Waals surface area contributed by atoms with Gasteiger partial charge in [0.2, 0.25) is 5.78 Å². The molecule has 1 N–H and O–H groups in total. The van der Waals surface area contributed by atoms with Crippen molar-refractivity contribution in [2.75, 3.05) is 4.90 Å². The van der Waals surface area contributed by atoms with Crippen LogP contribution in [0.1, 0.15) is 22.2 Å². The molecule has 0 spiro atoms. The molecule has 0 radical (unpaired) electrons. The molecular weight excluding hydrogens is 468 g/mol. The molecule has 1 aliphatic rings. The van der Waals surface area contributed by atoms with Crippen LogP contribution in [0.15, 0.2) is 88.5 Å². The molecule has 5 nitrogen and oxygen atoms in total. The van der Waals surface area contributed by atoms with Crippen molar-refractivity contribution in [1.29, 1.82) is 0 Å². The number of benzene rings is 3. The van der Waals surface area contributed by atoms with Gasteiger partial charge in [0.05, 0.1) is 21.7 Å². The number of para-hydroxylation sites is 1. The lowest BCUT2D eigenvalue weighted by atomic mass is 9.94. The van der Waals surface area contributed by atoms with Gasteiger partial charge in [0.1, 0.15) is 11.4 Å². The van der Waals surface area contributed by atoms with E-state index in [-0.39, 0.29) is 32.6 Å². The van der Waals surface area contributed by atoms with Gasteiger partial charge in [-0.15, -0.1) is 0 Å². The Kier molecular flexibility index (Phi) is 5.19. The quantitative estimate of drug-likeness (QED) is 0.330. The molecule has 164 valence electrons. The third-order valence-corrected chi connectivity index (χ3v) is 6.22. The van der Waals surface area contributed by atoms with Gasteiger partial charge in [0.15, 0.2) is 11.5 Å². The highest BCUT2D eigenvalue weighted by Gasteiger charge is 2.46. The Morgan fingerprint density at radius 1 is 0.970 bits per heavy atom. The minimum atomic E-state index is -1.25. The first-order valence-corrected chi connectivity index (χ1v) is 10.6. The van der Waals surface area contributed by atoms with Crippen LogP contribution in [0.3, 0.4) is 0 Å². The van der Waals surface area contributed by atoms with E-state index in [1.807, 2.05) is 0 Å². The van der Waals surface area contributed by atoms with Crippen LogP contribution in [-0.2, 0) is 4.79 Å². The molecule has 0 aliphatic carbocycles. The van der Waals surface area contributed by atoms with E-state index in [1.165, 1.54) is 42.5 Å². The van der Waals surface area contributed by atoms with E-state index in [0.29, 0.717) is 11.0 Å². The van der Waals surface area contributed by atoms with Crippen LogP contribution in [0.5, 0.6) is 0 Å². The molecule has 8 heteroatoms. The number of Topliss-reactive ketones (excluding diaryl/α,β-unsaturated/α-hetero) is 1. The largest absolute Gasteiger partial charge is 0.503 e. The third-order valence-electron chi connectivity index (χ3n) is 5.48. The fraction of sp³-hybridized carbons (Fsp3) is 0.0400. The first kappa shape index (κ1) is 21.2. The van der Waals surface area contributed by atoms with E-state index in [0.717, 1.165) is 4.90 Å². The Labute approximate surface area is 197 Å². The highest BCUT2D eigenvalue weighted by Crippen LogP contribution is 2.44. The number of anilines is 1. The van der Waals surface area contributed by atoms with Gasteiger partial charge in [0, 0.05) is 16.6 Å². The smallest absolute Gasteiger partial charge is 0.294 e. The molecule has 2 heterocycles. The van der Waals surface area contributed by atoms with Crippen molar-refractivity contribution >= 4 is 51.5 Å². The molecule has 5 rings (SSSR count). The Hall–Kier alpha value is -3.61. The molecule has 1 aromatic heterocycles. The lowest BCUT2D eigenvalue weighted by molar-refractivity contribution is -0.117. The summed E-state index contributed by atoms with van der Waals surface area (Å²) < 4.78 is 20.6. The van der Waals surface area contributed by atoms with E-state index in [4.69, 9.17) is 27.6 Å². The normalized spacial score (nSPS) is 16.2. The van der Waals surface area contributed by atoms with Gasteiger partial charge in [-0.25, -0.2) is 4.39 Å². The van der Waals surface area contributed by atoms with Gasteiger partial charge in [-0.05, 0) is 36.4 Å². The van der Waals surface area contributed by atoms with Crippen LogP contribution >= 0.6 is 23.2 Å². The molecule has 4 aromatic rings. The second-order valence-electron chi connectivity index (χ2n) is 7.44. The van der Waals surface area contributed by atoms with E-state index in [1.54, 1.807) is 30.3 Å².